The quantitative estimate of drug-likeness (QED) is 0.432. The van der Waals surface area contributed by atoms with Gasteiger partial charge in [0.25, 0.3) is 0 Å². The Balaban J connectivity index is 2.64. The molecule has 0 radical (unpaired) electrons. The third-order valence-corrected chi connectivity index (χ3v) is 10.4. The first-order valence-corrected chi connectivity index (χ1v) is 15.7. The zero-order valence-corrected chi connectivity index (χ0v) is 12.8. The van der Waals surface area contributed by atoms with Gasteiger partial charge in [0.1, 0.15) is 5.75 Å². The maximum atomic E-state index is 11.1. The number of rotatable bonds is 2. The predicted molar refractivity (Wildman–Crippen MR) is 74.4 cm³/mol. The van der Waals surface area contributed by atoms with Gasteiger partial charge in [0.15, 0.2) is 0 Å². The highest BCUT2D eigenvalue weighted by Crippen LogP contribution is 2.27. The van der Waals surface area contributed by atoms with Gasteiger partial charge in [-0.2, -0.15) is 0 Å². The molecule has 1 aromatic rings. The Morgan fingerprint density at radius 3 is 2.54 bits per heavy atom. The highest BCUT2D eigenvalue weighted by atomic mass is 128. The van der Waals surface area contributed by atoms with Gasteiger partial charge < -0.3 is 4.74 Å². The third-order valence-electron chi connectivity index (χ3n) is 1.10. The second kappa shape index (κ2) is 6.41. The van der Waals surface area contributed by atoms with Crippen LogP contribution in [0.5, 0.6) is 5.75 Å². The fourth-order valence-electron chi connectivity index (χ4n) is 0.632. The topological polar surface area (TPSA) is 26.3 Å². The zero-order chi connectivity index (χ0) is 9.68. The van der Waals surface area contributed by atoms with Crippen LogP contribution in [0.3, 0.4) is 0 Å². The molecular weight excluding hydrogens is 485 g/mol. The number of hydrogen-bond donors (Lipinski definition) is 0. The Labute approximate surface area is 102 Å². The normalized spacial score (nSPS) is 11.5. The fourth-order valence-corrected chi connectivity index (χ4v) is 6.79. The molecule has 0 amide bonds. The molecule has 0 bridgehead atoms. The number of carbonyl (C=O) groups excluding carboxylic acids is 1. The van der Waals surface area contributed by atoms with E-state index in [1.165, 1.54) is 0 Å². The molecule has 0 spiro atoms. The molecule has 13 heavy (non-hydrogen) atoms. The average Bonchev–Trinajstić information content (AvgIpc) is 2.09. The molecule has 6 heteroatoms. The lowest BCUT2D eigenvalue weighted by Gasteiger charge is -1.98. The lowest BCUT2D eigenvalue weighted by Crippen LogP contribution is -1.94. The molecule has 2 nitrogen and oxygen atoms in total. The van der Waals surface area contributed by atoms with E-state index in [9.17, 15) is 4.79 Å². The van der Waals surface area contributed by atoms with Crippen LogP contribution in [0, 0.1) is 0 Å². The molecule has 72 valence electrons. The van der Waals surface area contributed by atoms with Crippen molar-refractivity contribution >= 4 is 59.2 Å². The molecule has 0 saturated carbocycles. The zero-order valence-electron chi connectivity index (χ0n) is 6.14. The van der Waals surface area contributed by atoms with Crippen LogP contribution in [0.2, 0.25) is 5.02 Å². The summed E-state index contributed by atoms with van der Waals surface area (Å²) in [5.74, 6) is 0.569. The fraction of sp³-hybridized carbons (Fsp3) is 0. The SMILES string of the molecule is O=C(Oc1ccc(Cl)cc1)/I=I/Br. The van der Waals surface area contributed by atoms with Crippen molar-refractivity contribution in [1.29, 1.82) is 0 Å². The first kappa shape index (κ1) is 12.0. The molecule has 1 aromatic carbocycles. The second-order valence-electron chi connectivity index (χ2n) is 1.92. The molecule has 0 heterocycles. The first-order chi connectivity index (χ1) is 6.22. The molecule has 0 N–H and O–H groups in total. The van der Waals surface area contributed by atoms with E-state index in [4.69, 9.17) is 16.3 Å². The van der Waals surface area contributed by atoms with E-state index in [-0.39, 0.29) is 18.3 Å². The molecule has 0 unspecified atom stereocenters. The van der Waals surface area contributed by atoms with Crippen molar-refractivity contribution in [2.45, 2.75) is 0 Å². The molecule has 0 saturated heterocycles. The van der Waals surface area contributed by atoms with Crippen LogP contribution in [-0.4, -0.2) is 3.98 Å². The molecule has 0 fully saturated rings. The van der Waals surface area contributed by atoms with E-state index in [1.807, 2.05) is 0 Å². The van der Waals surface area contributed by atoms with Crippen LogP contribution in [0.15, 0.2) is 24.3 Å². The summed E-state index contributed by atoms with van der Waals surface area (Å²) >= 11 is 8.43. The molecule has 0 aliphatic carbocycles. The van der Waals surface area contributed by atoms with Crippen LogP contribution in [0.25, 0.3) is 0 Å². The van der Waals surface area contributed by atoms with Crippen LogP contribution in [0.1, 0.15) is 0 Å². The Bertz CT molecular complexity index is 326. The summed E-state index contributed by atoms with van der Waals surface area (Å²) in [5.41, 5.74) is 0. The van der Waals surface area contributed by atoms with Gasteiger partial charge in [-0.3, -0.25) is 0 Å². The predicted octanol–water partition coefficient (Wildman–Crippen LogP) is 5.01. The molecule has 0 aromatic heterocycles. The summed E-state index contributed by atoms with van der Waals surface area (Å²) < 4.78 is 4.97. The lowest BCUT2D eigenvalue weighted by atomic mass is 10.3. The monoisotopic (exact) mass is 488 g/mol. The molecule has 0 aliphatic rings. The van der Waals surface area contributed by atoms with Crippen LogP contribution >= 0.6 is 55.3 Å². The van der Waals surface area contributed by atoms with Gasteiger partial charge in [0, 0.05) is 19.4 Å². The van der Waals surface area contributed by atoms with E-state index in [0.717, 1.165) is 0 Å². The number of halogens is 4. The van der Waals surface area contributed by atoms with Crippen LogP contribution in [0.4, 0.5) is 4.79 Å². The Kier molecular flexibility index (Phi) is 5.92. The van der Waals surface area contributed by atoms with Gasteiger partial charge in [-0.15, -0.1) is 0 Å². The van der Waals surface area contributed by atoms with Crippen molar-refractivity contribution in [3.05, 3.63) is 29.3 Å². The number of benzene rings is 1. The van der Waals surface area contributed by atoms with Crippen molar-refractivity contribution < 1.29 is 9.53 Å². The van der Waals surface area contributed by atoms with E-state index < -0.39 is 16.6 Å². The van der Waals surface area contributed by atoms with E-state index in [2.05, 4.69) is 12.7 Å². The van der Waals surface area contributed by atoms with Gasteiger partial charge in [0.05, 0.1) is 16.6 Å². The van der Waals surface area contributed by atoms with Gasteiger partial charge in [-0.1, -0.05) is 11.6 Å². The Morgan fingerprint density at radius 2 is 2.00 bits per heavy atom. The van der Waals surface area contributed by atoms with Crippen LogP contribution in [-0.2, 0) is 0 Å². The maximum absolute atomic E-state index is 11.1. The molecule has 0 aliphatic heterocycles. The van der Waals surface area contributed by atoms with Crippen molar-refractivity contribution in [2.75, 3.05) is 0 Å². The number of hydrogen-bond acceptors (Lipinski definition) is 2. The summed E-state index contributed by atoms with van der Waals surface area (Å²) in [6, 6.07) is 6.78. The largest absolute Gasteiger partial charge is 0.419 e. The minimum absolute atomic E-state index is 0.0919. The van der Waals surface area contributed by atoms with E-state index in [1.54, 1.807) is 24.3 Å². The number of carbonyl (C=O) groups is 1. The van der Waals surface area contributed by atoms with Gasteiger partial charge in [0.2, 0.25) is 0 Å². The van der Waals surface area contributed by atoms with Gasteiger partial charge in [-0.05, 0) is 37.0 Å². The molecule has 0 atom stereocenters. The van der Waals surface area contributed by atoms with Gasteiger partial charge >= 0.3 is 3.98 Å². The average molecular weight is 489 g/mol. The summed E-state index contributed by atoms with van der Waals surface area (Å²) in [6.45, 7) is 0. The van der Waals surface area contributed by atoms with Gasteiger partial charge in [-0.25, -0.2) is 4.79 Å². The minimum Gasteiger partial charge on any atom is -0.419 e. The summed E-state index contributed by atoms with van der Waals surface area (Å²) in [4.78, 5) is 11.1. The Hall–Kier alpha value is 0.920. The standard InChI is InChI=1S/C7H4BrClI2O2/c8-11-10-7(12)13-6-3-1-5(9)2-4-6/h1-4H. The highest BCUT2D eigenvalue weighted by molar-refractivity contribution is 14.9. The maximum Gasteiger partial charge on any atom is 0.372 e. The van der Waals surface area contributed by atoms with Crippen molar-refractivity contribution in [3.8, 4) is 5.75 Å². The van der Waals surface area contributed by atoms with Crippen molar-refractivity contribution in [2.24, 2.45) is 0 Å². The van der Waals surface area contributed by atoms with E-state index in [0.29, 0.717) is 10.8 Å². The smallest absolute Gasteiger partial charge is 0.372 e. The molecule has 1 rings (SSSR count). The first-order valence-electron chi connectivity index (χ1n) is 3.10. The van der Waals surface area contributed by atoms with Crippen LogP contribution < -0.4 is 4.74 Å². The number of ether oxygens (including phenoxy) is 1. The van der Waals surface area contributed by atoms with Crippen molar-refractivity contribution in [3.63, 3.8) is 0 Å². The second-order valence-corrected chi connectivity index (χ2v) is 19.0. The Morgan fingerprint density at radius 1 is 1.38 bits per heavy atom. The lowest BCUT2D eigenvalue weighted by molar-refractivity contribution is 0.230. The summed E-state index contributed by atoms with van der Waals surface area (Å²) in [5, 5.41) is 0.641. The van der Waals surface area contributed by atoms with E-state index >= 15 is 0 Å². The highest BCUT2D eigenvalue weighted by Gasteiger charge is 1.99. The molecular formula is C7H4BrClI2O2. The van der Waals surface area contributed by atoms with Crippen molar-refractivity contribution in [1.82, 2.24) is 0 Å². The summed E-state index contributed by atoms with van der Waals surface area (Å²) in [6.07, 6.45) is 0. The third kappa shape index (κ3) is 4.80. The summed E-state index contributed by atoms with van der Waals surface area (Å²) in [7, 11) is 0. The minimum atomic E-state index is -0.436.